The molecule has 1 fully saturated rings. The van der Waals surface area contributed by atoms with E-state index in [1.807, 2.05) is 6.07 Å². The molecule has 2 rings (SSSR count). The van der Waals surface area contributed by atoms with Crippen LogP contribution < -0.4 is 10.1 Å². The molecule has 1 N–H and O–H groups in total. The molecule has 0 radical (unpaired) electrons. The van der Waals surface area contributed by atoms with Crippen molar-refractivity contribution >= 4 is 15.9 Å². The Kier molecular flexibility index (Phi) is 7.50. The summed E-state index contributed by atoms with van der Waals surface area (Å²) in [6.07, 6.45) is 3.50. The Labute approximate surface area is 135 Å². The lowest BCUT2D eigenvalue weighted by Gasteiger charge is -2.10. The summed E-state index contributed by atoms with van der Waals surface area (Å²) in [5.74, 6) is 0.891. The molecule has 0 bridgehead atoms. The normalized spacial score (nSPS) is 14.4. The van der Waals surface area contributed by atoms with Crippen molar-refractivity contribution in [3.8, 4) is 5.75 Å². The van der Waals surface area contributed by atoms with Gasteiger partial charge in [0.05, 0.1) is 24.3 Å². The van der Waals surface area contributed by atoms with E-state index < -0.39 is 0 Å². The molecule has 0 aliphatic heterocycles. The van der Waals surface area contributed by atoms with Crippen LogP contribution in [0.5, 0.6) is 5.75 Å². The fourth-order valence-corrected chi connectivity index (χ4v) is 2.45. The second-order valence-corrected chi connectivity index (χ2v) is 6.08. The van der Waals surface area contributed by atoms with Gasteiger partial charge in [0.25, 0.3) is 0 Å². The zero-order valence-electron chi connectivity index (χ0n) is 12.6. The topological polar surface area (TPSA) is 39.7 Å². The smallest absolute Gasteiger partial charge is 0.133 e. The zero-order valence-corrected chi connectivity index (χ0v) is 14.2. The molecule has 1 aliphatic carbocycles. The summed E-state index contributed by atoms with van der Waals surface area (Å²) in [6, 6.07) is 7.00. The predicted molar refractivity (Wildman–Crippen MR) is 86.8 cm³/mol. The maximum absolute atomic E-state index is 5.76. The maximum Gasteiger partial charge on any atom is 0.133 e. The van der Waals surface area contributed by atoms with Gasteiger partial charge in [-0.2, -0.15) is 0 Å². The first-order chi connectivity index (χ1) is 10.3. The zero-order chi connectivity index (χ0) is 14.9. The highest BCUT2D eigenvalue weighted by molar-refractivity contribution is 9.10. The molecule has 1 aliphatic rings. The van der Waals surface area contributed by atoms with Crippen molar-refractivity contribution in [2.24, 2.45) is 0 Å². The number of halogens is 1. The van der Waals surface area contributed by atoms with Gasteiger partial charge in [0.15, 0.2) is 0 Å². The van der Waals surface area contributed by atoms with Gasteiger partial charge in [-0.05, 0) is 46.5 Å². The maximum atomic E-state index is 5.76. The van der Waals surface area contributed by atoms with E-state index in [0.717, 1.165) is 29.2 Å². The summed E-state index contributed by atoms with van der Waals surface area (Å²) in [4.78, 5) is 0. The number of benzene rings is 1. The van der Waals surface area contributed by atoms with Gasteiger partial charge in [-0.1, -0.05) is 6.07 Å². The fourth-order valence-electron chi connectivity index (χ4n) is 1.91. The number of hydrogen-bond donors (Lipinski definition) is 1. The van der Waals surface area contributed by atoms with Gasteiger partial charge in [0.1, 0.15) is 5.75 Å². The van der Waals surface area contributed by atoms with Crippen LogP contribution in [0.1, 0.15) is 24.8 Å². The molecule has 1 saturated carbocycles. The summed E-state index contributed by atoms with van der Waals surface area (Å²) < 4.78 is 17.1. The molecule has 0 spiro atoms. The monoisotopic (exact) mass is 357 g/mol. The minimum absolute atomic E-state index is 0.642. The van der Waals surface area contributed by atoms with Crippen molar-refractivity contribution < 1.29 is 14.2 Å². The van der Waals surface area contributed by atoms with Crippen molar-refractivity contribution in [3.63, 3.8) is 0 Å². The molecule has 21 heavy (non-hydrogen) atoms. The van der Waals surface area contributed by atoms with E-state index >= 15 is 0 Å². The van der Waals surface area contributed by atoms with E-state index in [1.54, 1.807) is 7.11 Å². The predicted octanol–water partition coefficient (Wildman–Crippen LogP) is 3.13. The van der Waals surface area contributed by atoms with Crippen molar-refractivity contribution in [2.45, 2.75) is 31.8 Å². The van der Waals surface area contributed by atoms with Crippen molar-refractivity contribution in [1.29, 1.82) is 0 Å². The molecule has 1 aromatic carbocycles. The van der Waals surface area contributed by atoms with Crippen LogP contribution in [0.2, 0.25) is 0 Å². The lowest BCUT2D eigenvalue weighted by molar-refractivity contribution is 0.0644. The van der Waals surface area contributed by atoms with Crippen LogP contribution in [0.3, 0.4) is 0 Å². The Bertz CT molecular complexity index is 424. The molecule has 5 heteroatoms. The average molecular weight is 358 g/mol. The Morgan fingerprint density at radius 1 is 1.19 bits per heavy atom. The second kappa shape index (κ2) is 9.41. The highest BCUT2D eigenvalue weighted by Gasteiger charge is 2.19. The number of methoxy groups -OCH3 is 1. The van der Waals surface area contributed by atoms with Gasteiger partial charge in [-0.15, -0.1) is 0 Å². The second-order valence-electron chi connectivity index (χ2n) is 5.23. The first kappa shape index (κ1) is 16.7. The molecule has 4 nitrogen and oxygen atoms in total. The van der Waals surface area contributed by atoms with Gasteiger partial charge < -0.3 is 19.5 Å². The van der Waals surface area contributed by atoms with Crippen molar-refractivity contribution in [2.75, 3.05) is 33.5 Å². The first-order valence-corrected chi connectivity index (χ1v) is 8.30. The molecule has 0 heterocycles. The van der Waals surface area contributed by atoms with Gasteiger partial charge >= 0.3 is 0 Å². The van der Waals surface area contributed by atoms with E-state index in [4.69, 9.17) is 14.2 Å². The minimum Gasteiger partial charge on any atom is -0.492 e. The highest BCUT2D eigenvalue weighted by Crippen LogP contribution is 2.27. The third-order valence-electron chi connectivity index (χ3n) is 3.29. The van der Waals surface area contributed by atoms with Crippen LogP contribution in [-0.4, -0.2) is 39.6 Å². The Hall–Kier alpha value is -0.620. The quantitative estimate of drug-likeness (QED) is 0.617. The van der Waals surface area contributed by atoms with Crippen LogP contribution in [-0.2, 0) is 16.0 Å². The summed E-state index contributed by atoms with van der Waals surface area (Å²) in [5.41, 5.74) is 1.28. The van der Waals surface area contributed by atoms with Crippen LogP contribution in [0.4, 0.5) is 0 Å². The van der Waals surface area contributed by atoms with Crippen molar-refractivity contribution in [1.82, 2.24) is 5.32 Å². The van der Waals surface area contributed by atoms with Crippen LogP contribution in [0, 0.1) is 0 Å². The SMILES string of the molecule is COCCOCCCOc1ccc(CNC2CC2)cc1Br. The number of ether oxygens (including phenoxy) is 3. The summed E-state index contributed by atoms with van der Waals surface area (Å²) in [6.45, 7) is 3.57. The molecular formula is C16H24BrNO3. The molecule has 0 atom stereocenters. The Morgan fingerprint density at radius 3 is 2.76 bits per heavy atom. The van der Waals surface area contributed by atoms with Crippen LogP contribution in [0.25, 0.3) is 0 Å². The fraction of sp³-hybridized carbons (Fsp3) is 0.625. The molecule has 0 saturated heterocycles. The molecule has 0 unspecified atom stereocenters. The molecule has 1 aromatic rings. The van der Waals surface area contributed by atoms with E-state index in [2.05, 4.69) is 33.4 Å². The highest BCUT2D eigenvalue weighted by atomic mass is 79.9. The number of hydrogen-bond acceptors (Lipinski definition) is 4. The molecule has 0 aromatic heterocycles. The van der Waals surface area contributed by atoms with Crippen LogP contribution in [0.15, 0.2) is 22.7 Å². The molecular weight excluding hydrogens is 334 g/mol. The Morgan fingerprint density at radius 2 is 2.05 bits per heavy atom. The minimum atomic E-state index is 0.642. The number of rotatable bonds is 11. The standard InChI is InChI=1S/C16H24BrNO3/c1-19-9-10-20-7-2-8-21-16-6-3-13(11-15(16)17)12-18-14-4-5-14/h3,6,11,14,18H,2,4-5,7-10,12H2,1H3. The summed E-state index contributed by atoms with van der Waals surface area (Å²) in [5, 5.41) is 3.51. The average Bonchev–Trinajstić information content (AvgIpc) is 3.30. The van der Waals surface area contributed by atoms with Gasteiger partial charge in [-0.25, -0.2) is 0 Å². The third kappa shape index (κ3) is 6.78. The third-order valence-corrected chi connectivity index (χ3v) is 3.91. The van der Waals surface area contributed by atoms with E-state index in [0.29, 0.717) is 26.4 Å². The first-order valence-electron chi connectivity index (χ1n) is 7.51. The van der Waals surface area contributed by atoms with E-state index in [9.17, 15) is 0 Å². The van der Waals surface area contributed by atoms with Gasteiger partial charge in [0.2, 0.25) is 0 Å². The lowest BCUT2D eigenvalue weighted by Crippen LogP contribution is -2.15. The van der Waals surface area contributed by atoms with Gasteiger partial charge in [-0.3, -0.25) is 0 Å². The van der Waals surface area contributed by atoms with Crippen LogP contribution >= 0.6 is 15.9 Å². The summed E-state index contributed by atoms with van der Waals surface area (Å²) >= 11 is 3.57. The van der Waals surface area contributed by atoms with Gasteiger partial charge in [0, 0.05) is 32.7 Å². The summed E-state index contributed by atoms with van der Waals surface area (Å²) in [7, 11) is 1.67. The van der Waals surface area contributed by atoms with Crippen molar-refractivity contribution in [3.05, 3.63) is 28.2 Å². The molecule has 0 amide bonds. The van der Waals surface area contributed by atoms with E-state index in [1.165, 1.54) is 18.4 Å². The lowest BCUT2D eigenvalue weighted by atomic mass is 10.2. The Balaban J connectivity index is 1.63. The van der Waals surface area contributed by atoms with E-state index in [-0.39, 0.29) is 0 Å². The molecule has 118 valence electrons. The largest absolute Gasteiger partial charge is 0.492 e. The number of nitrogens with one attached hydrogen (secondary N) is 1.